The fourth-order valence-electron chi connectivity index (χ4n) is 2.55. The molecular weight excluding hydrogens is 286 g/mol. The second-order valence-corrected chi connectivity index (χ2v) is 5.29. The smallest absolute Gasteiger partial charge is 0.335 e. The molecule has 3 N–H and O–H groups in total. The summed E-state index contributed by atoms with van der Waals surface area (Å²) in [4.78, 5) is 20.2. The fraction of sp³-hybridized carbons (Fsp3) is 0.333. The van der Waals surface area contributed by atoms with Crippen molar-refractivity contribution in [1.29, 1.82) is 0 Å². The number of aromatic carboxylic acids is 1. The maximum absolute atomic E-state index is 11.0. The van der Waals surface area contributed by atoms with Crippen molar-refractivity contribution in [2.75, 3.05) is 13.1 Å². The molecule has 0 bridgehead atoms. The van der Waals surface area contributed by atoms with Crippen molar-refractivity contribution in [3.8, 4) is 5.75 Å². The van der Waals surface area contributed by atoms with Gasteiger partial charge >= 0.3 is 5.97 Å². The van der Waals surface area contributed by atoms with Crippen molar-refractivity contribution < 1.29 is 19.7 Å². The van der Waals surface area contributed by atoms with E-state index in [-0.39, 0.29) is 11.7 Å². The number of nitrogens with zero attached hydrogens (tertiary/aromatic N) is 2. The minimum Gasteiger partial charge on any atom is -0.486 e. The maximum atomic E-state index is 11.0. The maximum Gasteiger partial charge on any atom is 0.335 e. The van der Waals surface area contributed by atoms with Gasteiger partial charge in [-0.25, -0.2) is 9.78 Å². The van der Waals surface area contributed by atoms with Crippen molar-refractivity contribution >= 4 is 5.97 Å². The van der Waals surface area contributed by atoms with Crippen LogP contribution in [0.25, 0.3) is 0 Å². The summed E-state index contributed by atoms with van der Waals surface area (Å²) in [6, 6.07) is 6.28. The van der Waals surface area contributed by atoms with Crippen LogP contribution >= 0.6 is 0 Å². The molecule has 1 aliphatic rings. The van der Waals surface area contributed by atoms with Crippen molar-refractivity contribution in [3.63, 3.8) is 0 Å². The normalized spacial score (nSPS) is 21.9. The number of nitrogens with one attached hydrogen (secondary N) is 1. The Morgan fingerprint density at radius 3 is 3.05 bits per heavy atom. The van der Waals surface area contributed by atoms with E-state index in [0.29, 0.717) is 25.4 Å². The number of aromatic amines is 1. The van der Waals surface area contributed by atoms with Crippen LogP contribution in [0.5, 0.6) is 5.75 Å². The molecule has 0 radical (unpaired) electrons. The molecule has 1 aromatic heterocycles. The van der Waals surface area contributed by atoms with Crippen molar-refractivity contribution in [3.05, 3.63) is 48.0 Å². The number of aromatic nitrogens is 2. The Morgan fingerprint density at radius 2 is 2.32 bits per heavy atom. The summed E-state index contributed by atoms with van der Waals surface area (Å²) in [5, 5.41) is 19.1. The Kier molecular flexibility index (Phi) is 4.08. The number of ether oxygens (including phenoxy) is 1. The van der Waals surface area contributed by atoms with E-state index in [1.165, 1.54) is 12.1 Å². The molecule has 3 rings (SSSR count). The number of hydrogen-bond acceptors (Lipinski definition) is 5. The second-order valence-electron chi connectivity index (χ2n) is 5.29. The van der Waals surface area contributed by atoms with Gasteiger partial charge in [0.15, 0.2) is 0 Å². The van der Waals surface area contributed by atoms with Crippen LogP contribution in [-0.2, 0) is 6.54 Å². The largest absolute Gasteiger partial charge is 0.486 e. The summed E-state index contributed by atoms with van der Waals surface area (Å²) in [5.41, 5.74) is 0.164. The standard InChI is InChI=1S/C15H17N3O4/c19-12-7-18(9-14-16-4-5-17-14)8-13(12)22-11-3-1-2-10(6-11)15(20)21/h1-6,12-13,19H,7-9H2,(H,16,17)(H,20,21)/t12-,13-/m1/s1. The molecule has 0 aliphatic carbocycles. The molecule has 2 atom stereocenters. The number of aliphatic hydroxyl groups is 1. The lowest BCUT2D eigenvalue weighted by atomic mass is 10.2. The first-order chi connectivity index (χ1) is 10.6. The zero-order valence-electron chi connectivity index (χ0n) is 11.8. The summed E-state index contributed by atoms with van der Waals surface area (Å²) in [6.45, 7) is 1.65. The number of hydrogen-bond donors (Lipinski definition) is 3. The Labute approximate surface area is 127 Å². The Balaban J connectivity index is 1.63. The van der Waals surface area contributed by atoms with Gasteiger partial charge in [0.25, 0.3) is 0 Å². The molecule has 116 valence electrons. The third-order valence-corrected chi connectivity index (χ3v) is 3.61. The predicted molar refractivity (Wildman–Crippen MR) is 77.7 cm³/mol. The molecule has 22 heavy (non-hydrogen) atoms. The van der Waals surface area contributed by atoms with Crippen LogP contribution in [0, 0.1) is 0 Å². The lowest BCUT2D eigenvalue weighted by Gasteiger charge is -2.17. The van der Waals surface area contributed by atoms with Gasteiger partial charge in [-0.3, -0.25) is 4.90 Å². The van der Waals surface area contributed by atoms with E-state index in [9.17, 15) is 9.90 Å². The highest BCUT2D eigenvalue weighted by Crippen LogP contribution is 2.21. The number of imidazole rings is 1. The topological polar surface area (TPSA) is 98.7 Å². The summed E-state index contributed by atoms with van der Waals surface area (Å²) in [6.07, 6.45) is 2.43. The Bertz CT molecular complexity index is 644. The SMILES string of the molecule is O=C(O)c1cccc(O[C@@H]2CN(Cc3ncc[nH]3)C[C@H]2O)c1. The highest BCUT2D eigenvalue weighted by Gasteiger charge is 2.33. The van der Waals surface area contributed by atoms with Gasteiger partial charge in [-0.1, -0.05) is 6.07 Å². The molecule has 2 aromatic rings. The van der Waals surface area contributed by atoms with Crippen molar-refractivity contribution in [1.82, 2.24) is 14.9 Å². The second kappa shape index (κ2) is 6.17. The van der Waals surface area contributed by atoms with Crippen LogP contribution in [0.1, 0.15) is 16.2 Å². The number of likely N-dealkylation sites (tertiary alicyclic amines) is 1. The Morgan fingerprint density at radius 1 is 1.45 bits per heavy atom. The summed E-state index contributed by atoms with van der Waals surface area (Å²) >= 11 is 0. The van der Waals surface area contributed by atoms with Gasteiger partial charge in [-0.2, -0.15) is 0 Å². The van der Waals surface area contributed by atoms with Crippen LogP contribution in [-0.4, -0.2) is 56.3 Å². The van der Waals surface area contributed by atoms with Crippen molar-refractivity contribution in [2.24, 2.45) is 0 Å². The monoisotopic (exact) mass is 303 g/mol. The molecule has 0 unspecified atom stereocenters. The van der Waals surface area contributed by atoms with Gasteiger partial charge in [0.05, 0.1) is 12.1 Å². The molecule has 0 spiro atoms. The van der Waals surface area contributed by atoms with Gasteiger partial charge in [0.1, 0.15) is 23.8 Å². The number of benzene rings is 1. The molecule has 2 heterocycles. The van der Waals surface area contributed by atoms with Gasteiger partial charge in [-0.15, -0.1) is 0 Å². The van der Waals surface area contributed by atoms with Gasteiger partial charge in [0.2, 0.25) is 0 Å². The summed E-state index contributed by atoms with van der Waals surface area (Å²) < 4.78 is 5.74. The first kappa shape index (κ1) is 14.6. The van der Waals surface area contributed by atoms with Gasteiger partial charge in [-0.05, 0) is 18.2 Å². The van der Waals surface area contributed by atoms with Crippen LogP contribution in [0.4, 0.5) is 0 Å². The number of rotatable bonds is 5. The third kappa shape index (κ3) is 3.26. The summed E-state index contributed by atoms with van der Waals surface area (Å²) in [5.74, 6) is 0.279. The average molecular weight is 303 g/mol. The molecule has 0 saturated carbocycles. The predicted octanol–water partition coefficient (Wildman–Crippen LogP) is 0.732. The fourth-order valence-corrected chi connectivity index (χ4v) is 2.55. The van der Waals surface area contributed by atoms with Gasteiger partial charge in [0, 0.05) is 25.5 Å². The first-order valence-corrected chi connectivity index (χ1v) is 7.00. The molecule has 1 aromatic carbocycles. The zero-order valence-corrected chi connectivity index (χ0v) is 11.8. The highest BCUT2D eigenvalue weighted by molar-refractivity contribution is 5.87. The highest BCUT2D eigenvalue weighted by atomic mass is 16.5. The van der Waals surface area contributed by atoms with E-state index >= 15 is 0 Å². The Hall–Kier alpha value is -2.38. The van der Waals surface area contributed by atoms with Crippen LogP contribution < -0.4 is 4.74 Å². The minimum absolute atomic E-state index is 0.164. The molecule has 1 aliphatic heterocycles. The van der Waals surface area contributed by atoms with E-state index in [2.05, 4.69) is 9.97 Å². The van der Waals surface area contributed by atoms with Crippen LogP contribution in [0.15, 0.2) is 36.7 Å². The lowest BCUT2D eigenvalue weighted by molar-refractivity contribution is 0.0688. The molecule has 0 amide bonds. The van der Waals surface area contributed by atoms with Crippen LogP contribution in [0.3, 0.4) is 0 Å². The molecule has 7 heteroatoms. The molecule has 7 nitrogen and oxygen atoms in total. The van der Waals surface area contributed by atoms with E-state index in [1.807, 2.05) is 4.90 Å². The number of β-amino-alcohol motifs (C(OH)–C–C–N with tert-alkyl or cyclic N) is 1. The van der Waals surface area contributed by atoms with E-state index in [1.54, 1.807) is 24.5 Å². The molecule has 1 fully saturated rings. The number of carboxylic acid groups (broad SMARTS) is 1. The summed E-state index contributed by atoms with van der Waals surface area (Å²) in [7, 11) is 0. The lowest BCUT2D eigenvalue weighted by Crippen LogP contribution is -2.30. The number of carbonyl (C=O) groups is 1. The van der Waals surface area contributed by atoms with Gasteiger partial charge < -0.3 is 19.9 Å². The molecule has 1 saturated heterocycles. The van der Waals surface area contributed by atoms with E-state index in [0.717, 1.165) is 5.82 Å². The number of aliphatic hydroxyl groups excluding tert-OH is 1. The zero-order chi connectivity index (χ0) is 15.5. The quantitative estimate of drug-likeness (QED) is 0.753. The average Bonchev–Trinajstić information content (AvgIpc) is 3.10. The molecular formula is C15H17N3O4. The van der Waals surface area contributed by atoms with E-state index < -0.39 is 12.1 Å². The number of H-pyrrole nitrogens is 1. The van der Waals surface area contributed by atoms with E-state index in [4.69, 9.17) is 9.84 Å². The third-order valence-electron chi connectivity index (χ3n) is 3.61. The first-order valence-electron chi connectivity index (χ1n) is 7.00. The minimum atomic E-state index is -1.00. The van der Waals surface area contributed by atoms with Crippen LogP contribution in [0.2, 0.25) is 0 Å². The number of carboxylic acids is 1. The van der Waals surface area contributed by atoms with Crippen molar-refractivity contribution in [2.45, 2.75) is 18.8 Å².